The van der Waals surface area contributed by atoms with Gasteiger partial charge in [0.05, 0.1) is 1.37 Å². The van der Waals surface area contributed by atoms with Crippen molar-refractivity contribution in [1.29, 1.82) is 0 Å². The van der Waals surface area contributed by atoms with Gasteiger partial charge in [-0.2, -0.15) is 0 Å². The fourth-order valence-corrected chi connectivity index (χ4v) is 0.243. The average Bonchev–Trinajstić information content (AvgIpc) is 2.01. The van der Waals surface area contributed by atoms with Gasteiger partial charge in [-0.05, 0) is 6.40 Å². The Kier molecular flexibility index (Phi) is 1.79. The smallest absolute Gasteiger partial charge is 0.320 e. The molecule has 0 aromatic carbocycles. The summed E-state index contributed by atoms with van der Waals surface area (Å²) >= 11 is 0. The van der Waals surface area contributed by atoms with E-state index >= 15 is 0 Å². The summed E-state index contributed by atoms with van der Waals surface area (Å²) in [5.74, 6) is -2.95. The zero-order chi connectivity index (χ0) is 10.8. The number of hydrogen-bond donors (Lipinski definition) is 3. The van der Waals surface area contributed by atoms with Crippen LogP contribution >= 0.6 is 0 Å². The molecule has 0 rings (SSSR count). The Morgan fingerprint density at radius 2 is 2.30 bits per heavy atom. The molecule has 1 amide bonds. The van der Waals surface area contributed by atoms with E-state index in [0.29, 0.717) is 0 Å². The lowest BCUT2D eigenvalue weighted by atomic mass is 10.2. The number of nitrogens with two attached hydrogens (primary N) is 2. The van der Waals surface area contributed by atoms with Gasteiger partial charge in [0.2, 0.25) is 5.91 Å². The predicted octanol–water partition coefficient (Wildman–Crippen LogP) is -1.34. The van der Waals surface area contributed by atoms with Gasteiger partial charge in [0.1, 0.15) is 6.02 Å². The Bertz CT molecular complexity index is 233. The van der Waals surface area contributed by atoms with Gasteiger partial charge in [-0.1, -0.05) is 0 Å². The van der Waals surface area contributed by atoms with Gasteiger partial charge in [-0.15, -0.1) is 0 Å². The third-order valence-electron chi connectivity index (χ3n) is 0.674. The van der Waals surface area contributed by atoms with Gasteiger partial charge < -0.3 is 16.6 Å². The molecule has 0 radical (unpaired) electrons. The molecule has 10 heavy (non-hydrogen) atoms. The van der Waals surface area contributed by atoms with Crippen LogP contribution in [0.1, 0.15) is 16.9 Å². The van der Waals surface area contributed by atoms with E-state index < -0.39 is 30.7 Å². The summed E-state index contributed by atoms with van der Waals surface area (Å²) in [6.07, 6.45) is -3.74. The minimum Gasteiger partial charge on any atom is -0.480 e. The Morgan fingerprint density at radius 3 is 2.60 bits per heavy atom. The molecule has 5 nitrogen and oxygen atoms in total. The molecule has 0 saturated heterocycles. The summed E-state index contributed by atoms with van der Waals surface area (Å²) in [5, 5.41) is 8.37. The average molecular weight is 149 g/mol. The van der Waals surface area contributed by atoms with Crippen molar-refractivity contribution < 1.29 is 18.8 Å². The van der Waals surface area contributed by atoms with E-state index in [0.717, 1.165) is 0 Å². The third-order valence-corrected chi connectivity index (χ3v) is 0.674. The molecule has 0 aromatic heterocycles. The highest BCUT2D eigenvalue weighted by Crippen LogP contribution is 1.92. The monoisotopic (exact) mass is 149 g/mol. The van der Waals surface area contributed by atoms with Crippen molar-refractivity contribution in [3.63, 3.8) is 0 Å². The molecule has 0 saturated carbocycles. The number of rotatable bonds is 4. The van der Waals surface area contributed by atoms with Crippen LogP contribution in [-0.4, -0.2) is 23.0 Å². The highest BCUT2D eigenvalue weighted by Gasteiger charge is 2.11. The van der Waals surface area contributed by atoms with E-state index in [2.05, 4.69) is 5.73 Å². The number of amides is 1. The fraction of sp³-hybridized carbons (Fsp3) is 0.600. The van der Waals surface area contributed by atoms with Crippen molar-refractivity contribution in [1.82, 2.24) is 0 Å². The van der Waals surface area contributed by atoms with Crippen molar-refractivity contribution >= 4 is 11.9 Å². The second-order valence-corrected chi connectivity index (χ2v) is 1.50. The van der Waals surface area contributed by atoms with Crippen LogP contribution in [0.15, 0.2) is 0 Å². The van der Waals surface area contributed by atoms with Crippen LogP contribution in [0.2, 0.25) is 0 Å². The zero-order valence-electron chi connectivity index (χ0n) is 8.07. The van der Waals surface area contributed by atoms with Crippen molar-refractivity contribution in [3.05, 3.63) is 0 Å². The topological polar surface area (TPSA) is 106 Å². The summed E-state index contributed by atoms with van der Waals surface area (Å²) in [4.78, 5) is 20.7. The first-order valence-electron chi connectivity index (χ1n) is 4.02. The lowest BCUT2D eigenvalue weighted by Gasteiger charge is -2.01. The second-order valence-electron chi connectivity index (χ2n) is 1.50. The SMILES string of the molecule is [2H]C(C(N)=O)C([2H])C([2H])(N)C(=O)O. The van der Waals surface area contributed by atoms with Crippen LogP contribution in [0.25, 0.3) is 0 Å². The van der Waals surface area contributed by atoms with Crippen LogP contribution in [0.3, 0.4) is 0 Å². The Labute approximate surface area is 62.2 Å². The van der Waals surface area contributed by atoms with Crippen molar-refractivity contribution in [2.24, 2.45) is 11.5 Å². The van der Waals surface area contributed by atoms with E-state index in [9.17, 15) is 9.59 Å². The first-order chi connectivity index (χ1) is 5.71. The number of hydrogen-bond acceptors (Lipinski definition) is 3. The molecule has 0 fully saturated rings. The largest absolute Gasteiger partial charge is 0.480 e. The van der Waals surface area contributed by atoms with Crippen molar-refractivity contribution in [3.8, 4) is 0 Å². The Hall–Kier alpha value is -1.10. The molecule has 0 bridgehead atoms. The molecular weight excluding hydrogens is 136 g/mol. The van der Waals surface area contributed by atoms with Crippen LogP contribution < -0.4 is 11.5 Å². The second kappa shape index (κ2) is 3.84. The maximum atomic E-state index is 10.4. The summed E-state index contributed by atoms with van der Waals surface area (Å²) in [6.45, 7) is 0. The number of carboxylic acid groups (broad SMARTS) is 1. The predicted molar refractivity (Wildman–Crippen MR) is 34.0 cm³/mol. The van der Waals surface area contributed by atoms with Gasteiger partial charge in [0, 0.05) is 9.14 Å². The molecule has 0 heterocycles. The summed E-state index contributed by atoms with van der Waals surface area (Å²) in [6, 6.07) is -2.69. The minimum absolute atomic E-state index is 1.18. The van der Waals surface area contributed by atoms with Gasteiger partial charge in [0.25, 0.3) is 0 Å². The molecule has 0 aliphatic rings. The van der Waals surface area contributed by atoms with Crippen molar-refractivity contribution in [2.45, 2.75) is 18.8 Å². The van der Waals surface area contributed by atoms with Gasteiger partial charge in [0.15, 0.2) is 0 Å². The molecule has 5 heteroatoms. The maximum Gasteiger partial charge on any atom is 0.320 e. The standard InChI is InChI=1S/C5H10N2O3/c6-3(5(9)10)1-2-4(7)8/h3H,1-2,6H2,(H2,7,8)(H,9,10)/i1D,2D,3D. The maximum absolute atomic E-state index is 10.4. The van der Waals surface area contributed by atoms with Crippen LogP contribution in [-0.2, 0) is 9.59 Å². The van der Waals surface area contributed by atoms with Gasteiger partial charge in [-0.25, -0.2) is 0 Å². The minimum atomic E-state index is -2.69. The molecule has 0 aliphatic heterocycles. The molecule has 5 N–H and O–H groups in total. The number of primary amides is 1. The Morgan fingerprint density at radius 1 is 1.80 bits per heavy atom. The van der Waals surface area contributed by atoms with Gasteiger partial charge in [-0.3, -0.25) is 9.59 Å². The Balaban J connectivity index is 4.67. The molecule has 58 valence electrons. The van der Waals surface area contributed by atoms with E-state index in [4.69, 9.17) is 15.0 Å². The molecule has 0 aromatic rings. The lowest BCUT2D eigenvalue weighted by molar-refractivity contribution is -0.138. The zero-order valence-corrected chi connectivity index (χ0v) is 5.07. The fourth-order valence-electron chi connectivity index (χ4n) is 0.243. The van der Waals surface area contributed by atoms with Crippen LogP contribution in [0.5, 0.6) is 0 Å². The number of aliphatic carboxylic acids is 1. The first kappa shape index (κ1) is 4.68. The van der Waals surface area contributed by atoms with E-state index in [1.165, 1.54) is 0 Å². The summed E-state index contributed by atoms with van der Waals surface area (Å²) < 4.78 is 21.0. The molecule has 3 unspecified atom stereocenters. The normalized spacial score (nSPS) is 26.3. The van der Waals surface area contributed by atoms with Crippen LogP contribution in [0.4, 0.5) is 0 Å². The molecule has 3 atom stereocenters. The molecule has 0 spiro atoms. The van der Waals surface area contributed by atoms with E-state index in [1.54, 1.807) is 0 Å². The van der Waals surface area contributed by atoms with Crippen LogP contribution in [0, 0.1) is 0 Å². The highest BCUT2D eigenvalue weighted by molar-refractivity contribution is 5.76. The van der Waals surface area contributed by atoms with Gasteiger partial charge >= 0.3 is 5.97 Å². The summed E-state index contributed by atoms with van der Waals surface area (Å²) in [7, 11) is 0. The van der Waals surface area contributed by atoms with Crippen molar-refractivity contribution in [2.75, 3.05) is 0 Å². The quantitative estimate of drug-likeness (QED) is 0.460. The number of carboxylic acids is 1. The highest BCUT2D eigenvalue weighted by atomic mass is 16.4. The number of carbonyl (C=O) groups excluding carboxylic acids is 1. The first-order valence-corrected chi connectivity index (χ1v) is 2.37. The van der Waals surface area contributed by atoms with E-state index in [1.807, 2.05) is 0 Å². The molecular formula is C5H10N2O3. The molecule has 0 aliphatic carbocycles. The number of carbonyl (C=O) groups is 2. The summed E-state index contributed by atoms with van der Waals surface area (Å²) in [5.41, 5.74) is 9.55. The third kappa shape index (κ3) is 3.85. The van der Waals surface area contributed by atoms with E-state index in [-0.39, 0.29) is 0 Å². The lowest BCUT2D eigenvalue weighted by Crippen LogP contribution is -2.31.